The molecule has 1 amide bonds. The number of hydrogen-bond donors (Lipinski definition) is 2. The van der Waals surface area contributed by atoms with Gasteiger partial charge < -0.3 is 15.5 Å². The monoisotopic (exact) mass is 295 g/mol. The molecule has 0 bridgehead atoms. The number of nitrogens with zero attached hydrogens (tertiary/aromatic N) is 1. The second kappa shape index (κ2) is 8.14. The first kappa shape index (κ1) is 16.8. The molecule has 4 unspecified atom stereocenters. The van der Waals surface area contributed by atoms with Crippen LogP contribution in [-0.2, 0) is 4.79 Å². The van der Waals surface area contributed by atoms with E-state index in [2.05, 4.69) is 36.3 Å². The van der Waals surface area contributed by atoms with Crippen LogP contribution in [0.15, 0.2) is 0 Å². The van der Waals surface area contributed by atoms with Crippen LogP contribution in [0.3, 0.4) is 0 Å². The van der Waals surface area contributed by atoms with Crippen molar-refractivity contribution < 1.29 is 4.79 Å². The Morgan fingerprint density at radius 2 is 2.10 bits per heavy atom. The molecule has 0 aromatic heterocycles. The fourth-order valence-electron chi connectivity index (χ4n) is 4.04. The molecule has 21 heavy (non-hydrogen) atoms. The summed E-state index contributed by atoms with van der Waals surface area (Å²) in [6, 6.07) is 0.359. The van der Waals surface area contributed by atoms with E-state index in [1.54, 1.807) is 0 Å². The lowest BCUT2D eigenvalue weighted by Crippen LogP contribution is -2.47. The van der Waals surface area contributed by atoms with E-state index in [9.17, 15) is 4.79 Å². The molecule has 0 radical (unpaired) electrons. The maximum atomic E-state index is 12.4. The predicted molar refractivity (Wildman–Crippen MR) is 87.2 cm³/mol. The maximum absolute atomic E-state index is 12.4. The first-order valence-corrected chi connectivity index (χ1v) is 8.91. The third-order valence-corrected chi connectivity index (χ3v) is 5.42. The second-order valence-electron chi connectivity index (χ2n) is 6.82. The Morgan fingerprint density at radius 3 is 2.81 bits per heavy atom. The number of hydrogen-bond acceptors (Lipinski definition) is 3. The summed E-state index contributed by atoms with van der Waals surface area (Å²) in [5, 5.41) is 6.66. The van der Waals surface area contributed by atoms with E-state index in [0.29, 0.717) is 5.92 Å². The van der Waals surface area contributed by atoms with Gasteiger partial charge in [-0.3, -0.25) is 4.79 Å². The van der Waals surface area contributed by atoms with Crippen LogP contribution in [0.2, 0.25) is 0 Å². The summed E-state index contributed by atoms with van der Waals surface area (Å²) < 4.78 is 0. The molecule has 1 heterocycles. The quantitative estimate of drug-likeness (QED) is 0.720. The molecule has 2 fully saturated rings. The standard InChI is InChI=1S/C17H33N3O/c1-4-20(5-2)11-7-8-13(3)19-17(21)16-15-10-6-9-14(15)12-18-16/h13-16,18H,4-12H2,1-3H3,(H,19,21). The lowest BCUT2D eigenvalue weighted by molar-refractivity contribution is -0.124. The van der Waals surface area contributed by atoms with Crippen molar-refractivity contribution in [1.82, 2.24) is 15.5 Å². The van der Waals surface area contributed by atoms with E-state index in [1.165, 1.54) is 19.3 Å². The summed E-state index contributed by atoms with van der Waals surface area (Å²) in [6.07, 6.45) is 6.07. The van der Waals surface area contributed by atoms with E-state index < -0.39 is 0 Å². The Labute approximate surface area is 130 Å². The van der Waals surface area contributed by atoms with Gasteiger partial charge in [-0.25, -0.2) is 0 Å². The Hall–Kier alpha value is -0.610. The molecule has 4 atom stereocenters. The molecule has 2 rings (SSSR count). The zero-order valence-electron chi connectivity index (χ0n) is 14.0. The average molecular weight is 295 g/mol. The highest BCUT2D eigenvalue weighted by Gasteiger charge is 2.42. The number of carbonyl (C=O) groups excluding carboxylic acids is 1. The van der Waals surface area contributed by atoms with E-state index in [1.807, 2.05) is 0 Å². The van der Waals surface area contributed by atoms with Crippen LogP contribution >= 0.6 is 0 Å². The van der Waals surface area contributed by atoms with E-state index in [0.717, 1.165) is 44.9 Å². The molecular weight excluding hydrogens is 262 g/mol. The minimum atomic E-state index is 0.0720. The van der Waals surface area contributed by atoms with E-state index >= 15 is 0 Å². The molecule has 0 spiro atoms. The van der Waals surface area contributed by atoms with Gasteiger partial charge in [0.1, 0.15) is 0 Å². The summed E-state index contributed by atoms with van der Waals surface area (Å²) >= 11 is 0. The molecule has 0 aromatic rings. The van der Waals surface area contributed by atoms with Crippen LogP contribution in [0, 0.1) is 11.8 Å². The fraction of sp³-hybridized carbons (Fsp3) is 0.941. The van der Waals surface area contributed by atoms with Crippen molar-refractivity contribution in [2.75, 3.05) is 26.2 Å². The van der Waals surface area contributed by atoms with Crippen molar-refractivity contribution >= 4 is 5.91 Å². The highest BCUT2D eigenvalue weighted by atomic mass is 16.2. The van der Waals surface area contributed by atoms with Gasteiger partial charge in [-0.2, -0.15) is 0 Å². The van der Waals surface area contributed by atoms with Gasteiger partial charge in [0.15, 0.2) is 0 Å². The zero-order valence-corrected chi connectivity index (χ0v) is 14.0. The molecular formula is C17H33N3O. The highest BCUT2D eigenvalue weighted by Crippen LogP contribution is 2.37. The van der Waals surface area contributed by atoms with Crippen LogP contribution in [0.4, 0.5) is 0 Å². The Bertz CT molecular complexity index is 330. The van der Waals surface area contributed by atoms with Gasteiger partial charge >= 0.3 is 0 Å². The number of amides is 1. The third-order valence-electron chi connectivity index (χ3n) is 5.42. The number of carbonyl (C=O) groups is 1. The van der Waals surface area contributed by atoms with Gasteiger partial charge in [-0.15, -0.1) is 0 Å². The molecule has 2 aliphatic rings. The third kappa shape index (κ3) is 4.43. The van der Waals surface area contributed by atoms with Crippen molar-refractivity contribution in [3.63, 3.8) is 0 Å². The van der Waals surface area contributed by atoms with Gasteiger partial charge in [0, 0.05) is 6.04 Å². The predicted octanol–water partition coefficient (Wildman–Crippen LogP) is 2.00. The molecule has 1 aliphatic carbocycles. The lowest BCUT2D eigenvalue weighted by atomic mass is 9.93. The Balaban J connectivity index is 1.67. The molecule has 0 aromatic carbocycles. The SMILES string of the molecule is CCN(CC)CCCC(C)NC(=O)C1NCC2CCCC21. The highest BCUT2D eigenvalue weighted by molar-refractivity contribution is 5.82. The Kier molecular flexibility index (Phi) is 6.49. The summed E-state index contributed by atoms with van der Waals surface area (Å²) in [7, 11) is 0. The molecule has 1 saturated carbocycles. The van der Waals surface area contributed by atoms with Crippen molar-refractivity contribution in [3.8, 4) is 0 Å². The normalized spacial score (nSPS) is 29.6. The molecule has 4 heteroatoms. The number of nitrogens with one attached hydrogen (secondary N) is 2. The first-order valence-electron chi connectivity index (χ1n) is 8.91. The average Bonchev–Trinajstić information content (AvgIpc) is 3.06. The van der Waals surface area contributed by atoms with Crippen LogP contribution in [0.1, 0.15) is 52.9 Å². The zero-order chi connectivity index (χ0) is 15.2. The fourth-order valence-corrected chi connectivity index (χ4v) is 4.04. The molecule has 1 aliphatic heterocycles. The molecule has 1 saturated heterocycles. The van der Waals surface area contributed by atoms with Crippen LogP contribution in [0.5, 0.6) is 0 Å². The topological polar surface area (TPSA) is 44.4 Å². The first-order chi connectivity index (χ1) is 10.2. The summed E-state index contributed by atoms with van der Waals surface area (Å²) in [4.78, 5) is 14.9. The van der Waals surface area contributed by atoms with Crippen LogP contribution in [0.25, 0.3) is 0 Å². The van der Waals surface area contributed by atoms with Crippen molar-refractivity contribution in [1.29, 1.82) is 0 Å². The summed E-state index contributed by atoms with van der Waals surface area (Å²) in [6.45, 7) is 11.0. The Morgan fingerprint density at radius 1 is 1.33 bits per heavy atom. The largest absolute Gasteiger partial charge is 0.352 e. The molecule has 122 valence electrons. The summed E-state index contributed by atoms with van der Waals surface area (Å²) in [5.74, 6) is 1.58. The van der Waals surface area contributed by atoms with Crippen LogP contribution < -0.4 is 10.6 Å². The second-order valence-corrected chi connectivity index (χ2v) is 6.82. The van der Waals surface area contributed by atoms with Gasteiger partial charge in [-0.1, -0.05) is 20.3 Å². The van der Waals surface area contributed by atoms with E-state index in [4.69, 9.17) is 0 Å². The smallest absolute Gasteiger partial charge is 0.237 e. The van der Waals surface area contributed by atoms with Crippen molar-refractivity contribution in [3.05, 3.63) is 0 Å². The van der Waals surface area contributed by atoms with Gasteiger partial charge in [0.2, 0.25) is 5.91 Å². The van der Waals surface area contributed by atoms with Crippen LogP contribution in [-0.4, -0.2) is 49.1 Å². The van der Waals surface area contributed by atoms with E-state index in [-0.39, 0.29) is 18.0 Å². The van der Waals surface area contributed by atoms with Crippen molar-refractivity contribution in [2.45, 2.75) is 65.0 Å². The lowest BCUT2D eigenvalue weighted by Gasteiger charge is -2.22. The molecule has 2 N–H and O–H groups in total. The number of fused-ring (bicyclic) bond motifs is 1. The van der Waals surface area contributed by atoms with Gasteiger partial charge in [-0.05, 0) is 70.6 Å². The minimum Gasteiger partial charge on any atom is -0.352 e. The minimum absolute atomic E-state index is 0.0720. The van der Waals surface area contributed by atoms with Gasteiger partial charge in [0.25, 0.3) is 0 Å². The maximum Gasteiger partial charge on any atom is 0.237 e. The van der Waals surface area contributed by atoms with Crippen molar-refractivity contribution in [2.24, 2.45) is 11.8 Å². The molecule has 4 nitrogen and oxygen atoms in total. The van der Waals surface area contributed by atoms with Gasteiger partial charge in [0.05, 0.1) is 6.04 Å². The number of rotatable bonds is 8. The summed E-state index contributed by atoms with van der Waals surface area (Å²) in [5.41, 5.74) is 0.